The number of rotatable bonds is 4. The number of halogens is 1. The molecule has 1 aromatic heterocycles. The van der Waals surface area contributed by atoms with Gasteiger partial charge in [0, 0.05) is 6.07 Å². The number of ether oxygens (including phenoxy) is 1. The second kappa shape index (κ2) is 6.31. The van der Waals surface area contributed by atoms with E-state index in [0.717, 1.165) is 16.3 Å². The molecule has 116 valence electrons. The lowest BCUT2D eigenvalue weighted by atomic mass is 10.2. The number of aromatic nitrogens is 1. The molecular formula is C15H9ClN2O4S. The number of carbonyl (C=O) groups is 1. The van der Waals surface area contributed by atoms with Crippen molar-refractivity contribution in [3.8, 4) is 0 Å². The first-order valence-electron chi connectivity index (χ1n) is 6.50. The van der Waals surface area contributed by atoms with E-state index in [1.54, 1.807) is 0 Å². The van der Waals surface area contributed by atoms with E-state index in [2.05, 4.69) is 4.98 Å². The second-order valence-electron chi connectivity index (χ2n) is 4.57. The van der Waals surface area contributed by atoms with E-state index >= 15 is 0 Å². The first-order chi connectivity index (χ1) is 11.0. The summed E-state index contributed by atoms with van der Waals surface area (Å²) in [6, 6.07) is 11.4. The zero-order chi connectivity index (χ0) is 16.4. The minimum Gasteiger partial charge on any atom is -0.455 e. The zero-order valence-corrected chi connectivity index (χ0v) is 13.1. The summed E-state index contributed by atoms with van der Waals surface area (Å²) in [7, 11) is 0. The lowest BCUT2D eigenvalue weighted by Crippen LogP contribution is -2.05. The molecule has 1 heterocycles. The van der Waals surface area contributed by atoms with Gasteiger partial charge in [0.1, 0.15) is 16.6 Å². The molecule has 8 heteroatoms. The molecule has 23 heavy (non-hydrogen) atoms. The highest BCUT2D eigenvalue weighted by Gasteiger charge is 2.17. The molecule has 2 aromatic carbocycles. The summed E-state index contributed by atoms with van der Waals surface area (Å²) in [5, 5.41) is 11.5. The van der Waals surface area contributed by atoms with Gasteiger partial charge in [-0.25, -0.2) is 9.78 Å². The maximum absolute atomic E-state index is 12.0. The molecule has 0 N–H and O–H groups in total. The molecule has 0 aliphatic rings. The van der Waals surface area contributed by atoms with E-state index in [9.17, 15) is 14.9 Å². The number of esters is 1. The van der Waals surface area contributed by atoms with Crippen molar-refractivity contribution in [2.45, 2.75) is 6.61 Å². The molecule has 0 aliphatic heterocycles. The topological polar surface area (TPSA) is 82.3 Å². The number of thiazole rings is 1. The number of carbonyl (C=O) groups excluding carboxylic acids is 1. The molecule has 3 aromatic rings. The van der Waals surface area contributed by atoms with Gasteiger partial charge in [0.2, 0.25) is 0 Å². The fourth-order valence-corrected chi connectivity index (χ4v) is 3.04. The normalized spacial score (nSPS) is 10.7. The van der Waals surface area contributed by atoms with E-state index < -0.39 is 10.9 Å². The average molecular weight is 349 g/mol. The highest BCUT2D eigenvalue weighted by molar-refractivity contribution is 7.18. The summed E-state index contributed by atoms with van der Waals surface area (Å²) in [5.41, 5.74) is 0.578. The third-order valence-electron chi connectivity index (χ3n) is 3.04. The van der Waals surface area contributed by atoms with Crippen LogP contribution >= 0.6 is 22.9 Å². The molecule has 0 saturated heterocycles. The summed E-state index contributed by atoms with van der Waals surface area (Å²) >= 11 is 7.14. The average Bonchev–Trinajstić information content (AvgIpc) is 2.95. The maximum atomic E-state index is 12.0. The van der Waals surface area contributed by atoms with Gasteiger partial charge in [-0.1, -0.05) is 23.7 Å². The third kappa shape index (κ3) is 3.30. The van der Waals surface area contributed by atoms with Crippen LogP contribution in [0.25, 0.3) is 10.2 Å². The van der Waals surface area contributed by atoms with Crippen LogP contribution in [0.5, 0.6) is 0 Å². The van der Waals surface area contributed by atoms with Crippen LogP contribution < -0.4 is 0 Å². The van der Waals surface area contributed by atoms with Crippen molar-refractivity contribution in [2.24, 2.45) is 0 Å². The van der Waals surface area contributed by atoms with E-state index in [4.69, 9.17) is 16.3 Å². The number of nitrogens with zero attached hydrogens (tertiary/aromatic N) is 2. The van der Waals surface area contributed by atoms with Crippen molar-refractivity contribution in [2.75, 3.05) is 0 Å². The Kier molecular flexibility index (Phi) is 4.22. The highest BCUT2D eigenvalue weighted by atomic mass is 35.5. The Labute approximate surface area is 139 Å². The van der Waals surface area contributed by atoms with Crippen molar-refractivity contribution < 1.29 is 14.5 Å². The Bertz CT molecular complexity index is 876. The lowest BCUT2D eigenvalue weighted by Gasteiger charge is -2.03. The van der Waals surface area contributed by atoms with Crippen LogP contribution in [0.2, 0.25) is 5.02 Å². The standard InChI is InChI=1S/C15H9ClN2O4S/c16-10-6-5-9(7-12(10)18(20)21)15(19)22-8-14-17-11-3-1-2-4-13(11)23-14/h1-7H,8H2. The quantitative estimate of drug-likeness (QED) is 0.400. The number of nitro benzene ring substituents is 1. The lowest BCUT2D eigenvalue weighted by molar-refractivity contribution is -0.384. The van der Waals surface area contributed by atoms with Crippen LogP contribution in [0.3, 0.4) is 0 Å². The van der Waals surface area contributed by atoms with Gasteiger partial charge in [-0.3, -0.25) is 10.1 Å². The van der Waals surface area contributed by atoms with Crippen molar-refractivity contribution in [3.05, 3.63) is 68.2 Å². The maximum Gasteiger partial charge on any atom is 0.338 e. The molecule has 0 bridgehead atoms. The molecule has 0 aliphatic carbocycles. The van der Waals surface area contributed by atoms with Crippen molar-refractivity contribution in [1.82, 2.24) is 4.98 Å². The monoisotopic (exact) mass is 348 g/mol. The minimum atomic E-state index is -0.663. The van der Waals surface area contributed by atoms with Crippen molar-refractivity contribution in [1.29, 1.82) is 0 Å². The fraction of sp³-hybridized carbons (Fsp3) is 0.0667. The Morgan fingerprint density at radius 1 is 1.30 bits per heavy atom. The van der Waals surface area contributed by atoms with Crippen LogP contribution in [0, 0.1) is 10.1 Å². The van der Waals surface area contributed by atoms with Crippen LogP contribution in [0.4, 0.5) is 5.69 Å². The Morgan fingerprint density at radius 2 is 2.09 bits per heavy atom. The van der Waals surface area contributed by atoms with E-state index in [0.29, 0.717) is 5.01 Å². The molecule has 0 amide bonds. The first-order valence-corrected chi connectivity index (χ1v) is 7.69. The summed E-state index contributed by atoms with van der Waals surface area (Å²) in [6.07, 6.45) is 0. The molecular weight excluding hydrogens is 340 g/mol. The smallest absolute Gasteiger partial charge is 0.338 e. The molecule has 6 nitrogen and oxygen atoms in total. The largest absolute Gasteiger partial charge is 0.455 e. The van der Waals surface area contributed by atoms with Crippen molar-refractivity contribution in [3.63, 3.8) is 0 Å². The fourth-order valence-electron chi connectivity index (χ4n) is 1.97. The second-order valence-corrected chi connectivity index (χ2v) is 6.10. The molecule has 0 fully saturated rings. The Balaban J connectivity index is 1.74. The number of benzene rings is 2. The predicted octanol–water partition coefficient (Wildman–Crippen LogP) is 4.21. The molecule has 0 unspecified atom stereocenters. The minimum absolute atomic E-state index is 0.00854. The van der Waals surface area contributed by atoms with Crippen LogP contribution in [0.1, 0.15) is 15.4 Å². The number of hydrogen-bond donors (Lipinski definition) is 0. The van der Waals surface area contributed by atoms with Crippen molar-refractivity contribution >= 4 is 44.8 Å². The number of para-hydroxylation sites is 1. The first kappa shape index (κ1) is 15.4. The van der Waals surface area contributed by atoms with Gasteiger partial charge in [0.15, 0.2) is 0 Å². The zero-order valence-electron chi connectivity index (χ0n) is 11.6. The van der Waals surface area contributed by atoms with E-state index in [1.807, 2.05) is 24.3 Å². The van der Waals surface area contributed by atoms with Gasteiger partial charge in [-0.05, 0) is 24.3 Å². The van der Waals surface area contributed by atoms with Gasteiger partial charge in [0.05, 0.1) is 20.7 Å². The van der Waals surface area contributed by atoms with E-state index in [-0.39, 0.29) is 22.9 Å². The van der Waals surface area contributed by atoms with Crippen LogP contribution in [0.15, 0.2) is 42.5 Å². The number of hydrogen-bond acceptors (Lipinski definition) is 6. The van der Waals surface area contributed by atoms with Crippen LogP contribution in [-0.4, -0.2) is 15.9 Å². The Hall–Kier alpha value is -2.51. The third-order valence-corrected chi connectivity index (χ3v) is 4.37. The number of nitro groups is 1. The summed E-state index contributed by atoms with van der Waals surface area (Å²) in [6.45, 7) is 0.00854. The summed E-state index contributed by atoms with van der Waals surface area (Å²) in [5.74, 6) is -0.663. The summed E-state index contributed by atoms with van der Waals surface area (Å²) < 4.78 is 6.16. The predicted molar refractivity (Wildman–Crippen MR) is 86.8 cm³/mol. The summed E-state index contributed by atoms with van der Waals surface area (Å²) in [4.78, 5) is 26.5. The van der Waals surface area contributed by atoms with Crippen LogP contribution in [-0.2, 0) is 11.3 Å². The van der Waals surface area contributed by atoms with Gasteiger partial charge >= 0.3 is 5.97 Å². The SMILES string of the molecule is O=C(OCc1nc2ccccc2s1)c1ccc(Cl)c([N+](=O)[O-])c1. The van der Waals surface area contributed by atoms with Gasteiger partial charge < -0.3 is 4.74 Å². The molecule has 0 atom stereocenters. The molecule has 3 rings (SSSR count). The van der Waals surface area contributed by atoms with Gasteiger partial charge in [-0.15, -0.1) is 11.3 Å². The van der Waals surface area contributed by atoms with Gasteiger partial charge in [-0.2, -0.15) is 0 Å². The number of fused-ring (bicyclic) bond motifs is 1. The van der Waals surface area contributed by atoms with Gasteiger partial charge in [0.25, 0.3) is 5.69 Å². The van der Waals surface area contributed by atoms with E-state index in [1.165, 1.54) is 23.5 Å². The Morgan fingerprint density at radius 3 is 2.83 bits per heavy atom. The highest BCUT2D eigenvalue weighted by Crippen LogP contribution is 2.26. The molecule has 0 saturated carbocycles. The molecule has 0 radical (unpaired) electrons. The molecule has 0 spiro atoms.